The zero-order valence-corrected chi connectivity index (χ0v) is 13.1. The maximum absolute atomic E-state index is 12.2. The third-order valence-electron chi connectivity index (χ3n) is 3.46. The van der Waals surface area contributed by atoms with E-state index in [1.807, 2.05) is 48.2 Å². The summed E-state index contributed by atoms with van der Waals surface area (Å²) in [5.41, 5.74) is 1.50. The Hall–Kier alpha value is -1.68. The molecule has 0 atom stereocenters. The molecule has 0 aliphatic heterocycles. The highest BCUT2D eigenvalue weighted by Crippen LogP contribution is 2.15. The molecule has 3 nitrogen and oxygen atoms in total. The lowest BCUT2D eigenvalue weighted by molar-refractivity contribution is 0.450. The molecule has 0 saturated carbocycles. The van der Waals surface area contributed by atoms with Gasteiger partial charge in [-0.3, -0.25) is 4.79 Å². The summed E-state index contributed by atoms with van der Waals surface area (Å²) in [6, 6.07) is 11.6. The van der Waals surface area contributed by atoms with Gasteiger partial charge in [-0.15, -0.1) is 0 Å². The first-order valence-electron chi connectivity index (χ1n) is 7.16. The summed E-state index contributed by atoms with van der Waals surface area (Å²) >= 11 is 1.82. The minimum absolute atomic E-state index is 0.0995. The van der Waals surface area contributed by atoms with Gasteiger partial charge in [0, 0.05) is 11.8 Å². The fourth-order valence-corrected chi connectivity index (χ4v) is 2.76. The van der Waals surface area contributed by atoms with Crippen molar-refractivity contribution in [1.82, 2.24) is 4.57 Å². The molecule has 1 N–H and O–H groups in total. The molecule has 2 rings (SSSR count). The monoisotopic (exact) mass is 303 g/mol. The van der Waals surface area contributed by atoms with Crippen LogP contribution in [0.5, 0.6) is 5.75 Å². The topological polar surface area (TPSA) is 42.2 Å². The van der Waals surface area contributed by atoms with Gasteiger partial charge in [-0.2, -0.15) is 11.8 Å². The molecule has 0 saturated heterocycles. The number of hydrogen-bond acceptors (Lipinski definition) is 3. The first-order valence-corrected chi connectivity index (χ1v) is 8.56. The second-order valence-corrected chi connectivity index (χ2v) is 6.04. The number of nitrogens with zero attached hydrogens (tertiary/aromatic N) is 1. The molecule has 2 aromatic rings. The van der Waals surface area contributed by atoms with Crippen LogP contribution in [0, 0.1) is 0 Å². The Labute approximate surface area is 129 Å². The van der Waals surface area contributed by atoms with Crippen molar-refractivity contribution >= 4 is 11.8 Å². The fraction of sp³-hybridized carbons (Fsp3) is 0.353. The van der Waals surface area contributed by atoms with Gasteiger partial charge < -0.3 is 9.67 Å². The summed E-state index contributed by atoms with van der Waals surface area (Å²) in [7, 11) is 0. The highest BCUT2D eigenvalue weighted by molar-refractivity contribution is 7.98. The van der Waals surface area contributed by atoms with Crippen LogP contribution in [0.2, 0.25) is 0 Å². The quantitative estimate of drug-likeness (QED) is 0.798. The van der Waals surface area contributed by atoms with Gasteiger partial charge in [-0.1, -0.05) is 30.3 Å². The maximum atomic E-state index is 12.2. The van der Waals surface area contributed by atoms with E-state index < -0.39 is 0 Å². The standard InChI is InChI=1S/C17H21NO2S/c1-21-12-6-5-9-15-10-11-18(17(20)16(15)19)13-14-7-3-2-4-8-14/h2-4,7-8,10-11,19H,5-6,9,12-13H2,1H3. The van der Waals surface area contributed by atoms with Crippen molar-refractivity contribution in [3.63, 3.8) is 0 Å². The highest BCUT2D eigenvalue weighted by Gasteiger charge is 2.08. The van der Waals surface area contributed by atoms with Gasteiger partial charge in [-0.25, -0.2) is 0 Å². The number of pyridine rings is 1. The second-order valence-electron chi connectivity index (χ2n) is 5.06. The predicted molar refractivity (Wildman–Crippen MR) is 89.2 cm³/mol. The molecule has 1 heterocycles. The lowest BCUT2D eigenvalue weighted by Crippen LogP contribution is -2.20. The molecular formula is C17H21NO2S. The molecule has 112 valence electrons. The van der Waals surface area contributed by atoms with E-state index in [0.29, 0.717) is 6.54 Å². The number of thioether (sulfide) groups is 1. The third kappa shape index (κ3) is 4.39. The van der Waals surface area contributed by atoms with E-state index >= 15 is 0 Å². The van der Waals surface area contributed by atoms with Crippen molar-refractivity contribution in [3.8, 4) is 5.75 Å². The van der Waals surface area contributed by atoms with Crippen LogP contribution >= 0.6 is 11.8 Å². The SMILES string of the molecule is CSCCCCc1ccn(Cc2ccccc2)c(=O)c1O. The van der Waals surface area contributed by atoms with Crippen molar-refractivity contribution in [1.29, 1.82) is 0 Å². The molecule has 0 radical (unpaired) electrons. The van der Waals surface area contributed by atoms with Crippen LogP contribution in [0.1, 0.15) is 24.0 Å². The lowest BCUT2D eigenvalue weighted by atomic mass is 10.1. The summed E-state index contributed by atoms with van der Waals surface area (Å²) in [6.07, 6.45) is 6.72. The predicted octanol–water partition coefficient (Wildman–Crippen LogP) is 3.29. The summed E-state index contributed by atoms with van der Waals surface area (Å²) in [4.78, 5) is 12.2. The van der Waals surface area contributed by atoms with E-state index in [0.717, 1.165) is 36.1 Å². The molecule has 21 heavy (non-hydrogen) atoms. The van der Waals surface area contributed by atoms with Crippen molar-refractivity contribution in [2.45, 2.75) is 25.8 Å². The van der Waals surface area contributed by atoms with Crippen LogP contribution in [-0.4, -0.2) is 21.7 Å². The van der Waals surface area contributed by atoms with Crippen LogP contribution in [0.25, 0.3) is 0 Å². The normalized spacial score (nSPS) is 10.7. The van der Waals surface area contributed by atoms with Crippen LogP contribution in [0.4, 0.5) is 0 Å². The molecule has 0 fully saturated rings. The van der Waals surface area contributed by atoms with Crippen LogP contribution in [-0.2, 0) is 13.0 Å². The average Bonchev–Trinajstić information content (AvgIpc) is 2.51. The number of rotatable bonds is 7. The largest absolute Gasteiger partial charge is 0.503 e. The fourth-order valence-electron chi connectivity index (χ4n) is 2.27. The van der Waals surface area contributed by atoms with Crippen molar-refractivity contribution in [2.75, 3.05) is 12.0 Å². The Kier molecular flexibility index (Phi) is 5.93. The van der Waals surface area contributed by atoms with Crippen LogP contribution in [0.3, 0.4) is 0 Å². The number of benzene rings is 1. The zero-order chi connectivity index (χ0) is 15.1. The Balaban J connectivity index is 2.08. The van der Waals surface area contributed by atoms with Crippen molar-refractivity contribution in [3.05, 3.63) is 64.1 Å². The van der Waals surface area contributed by atoms with E-state index in [2.05, 4.69) is 6.26 Å². The molecule has 0 amide bonds. The smallest absolute Gasteiger partial charge is 0.293 e. The molecule has 0 aliphatic rings. The van der Waals surface area contributed by atoms with Gasteiger partial charge in [0.05, 0.1) is 6.54 Å². The second kappa shape index (κ2) is 7.93. The Bertz CT molecular complexity index is 622. The van der Waals surface area contributed by atoms with Crippen molar-refractivity contribution < 1.29 is 5.11 Å². The number of aromatic nitrogens is 1. The van der Waals surface area contributed by atoms with Gasteiger partial charge >= 0.3 is 0 Å². The number of hydrogen-bond donors (Lipinski definition) is 1. The Morgan fingerprint density at radius 1 is 1.14 bits per heavy atom. The molecule has 1 aromatic carbocycles. The minimum Gasteiger partial charge on any atom is -0.503 e. The Morgan fingerprint density at radius 3 is 2.62 bits per heavy atom. The maximum Gasteiger partial charge on any atom is 0.293 e. The van der Waals surface area contributed by atoms with Crippen LogP contribution < -0.4 is 5.56 Å². The molecule has 0 aliphatic carbocycles. The average molecular weight is 303 g/mol. The summed E-state index contributed by atoms with van der Waals surface area (Å²) in [5.74, 6) is 1.02. The number of unbranched alkanes of at least 4 members (excludes halogenated alkanes) is 1. The molecule has 0 unspecified atom stereocenters. The highest BCUT2D eigenvalue weighted by atomic mass is 32.2. The van der Waals surface area contributed by atoms with Crippen LogP contribution in [0.15, 0.2) is 47.4 Å². The zero-order valence-electron chi connectivity index (χ0n) is 12.3. The molecule has 1 aromatic heterocycles. The Morgan fingerprint density at radius 2 is 1.90 bits per heavy atom. The van der Waals surface area contributed by atoms with Gasteiger partial charge in [0.15, 0.2) is 5.75 Å². The van der Waals surface area contributed by atoms with Gasteiger partial charge in [0.2, 0.25) is 0 Å². The first kappa shape index (κ1) is 15.7. The first-order chi connectivity index (χ1) is 10.2. The lowest BCUT2D eigenvalue weighted by Gasteiger charge is -2.09. The van der Waals surface area contributed by atoms with E-state index in [1.54, 1.807) is 10.8 Å². The molecule has 0 bridgehead atoms. The summed E-state index contributed by atoms with van der Waals surface area (Å²) in [5, 5.41) is 10.1. The van der Waals surface area contributed by atoms with E-state index in [4.69, 9.17) is 0 Å². The van der Waals surface area contributed by atoms with E-state index in [9.17, 15) is 9.90 Å². The van der Waals surface area contributed by atoms with Gasteiger partial charge in [0.25, 0.3) is 5.56 Å². The molecule has 0 spiro atoms. The molecular weight excluding hydrogens is 282 g/mol. The van der Waals surface area contributed by atoms with E-state index in [-0.39, 0.29) is 11.3 Å². The van der Waals surface area contributed by atoms with Crippen molar-refractivity contribution in [2.24, 2.45) is 0 Å². The minimum atomic E-state index is -0.304. The third-order valence-corrected chi connectivity index (χ3v) is 4.16. The number of aromatic hydroxyl groups is 1. The molecule has 4 heteroatoms. The van der Waals surface area contributed by atoms with E-state index in [1.165, 1.54) is 0 Å². The van der Waals surface area contributed by atoms with Gasteiger partial charge in [0.1, 0.15) is 0 Å². The number of aryl methyl sites for hydroxylation is 1. The summed E-state index contributed by atoms with van der Waals surface area (Å²) < 4.78 is 1.55. The van der Waals surface area contributed by atoms with Gasteiger partial charge in [-0.05, 0) is 42.9 Å². The summed E-state index contributed by atoms with van der Waals surface area (Å²) in [6.45, 7) is 0.486.